The summed E-state index contributed by atoms with van der Waals surface area (Å²) in [7, 11) is 0. The Morgan fingerprint density at radius 1 is 1.06 bits per heavy atom. The van der Waals surface area contributed by atoms with Gasteiger partial charge >= 0.3 is 0 Å². The van der Waals surface area contributed by atoms with Gasteiger partial charge in [-0.05, 0) is 60.7 Å². The number of nitrogens with one attached hydrogen (secondary N) is 2. The first-order valence-electron chi connectivity index (χ1n) is 10.00. The Bertz CT molecular complexity index is 1280. The summed E-state index contributed by atoms with van der Waals surface area (Å²) < 4.78 is 13.7. The second kappa shape index (κ2) is 8.15. The molecule has 0 aliphatic heterocycles. The first-order valence-corrected chi connectivity index (χ1v) is 10.4. The second-order valence-electron chi connectivity index (χ2n) is 8.13. The number of aromatic amines is 1. The van der Waals surface area contributed by atoms with E-state index in [1.165, 1.54) is 6.07 Å². The summed E-state index contributed by atoms with van der Waals surface area (Å²) in [5.41, 5.74) is 10.4. The van der Waals surface area contributed by atoms with Crippen molar-refractivity contribution in [1.29, 1.82) is 0 Å². The lowest BCUT2D eigenvalue weighted by Crippen LogP contribution is -2.43. The van der Waals surface area contributed by atoms with Gasteiger partial charge < -0.3 is 16.0 Å². The molecule has 0 bridgehead atoms. The summed E-state index contributed by atoms with van der Waals surface area (Å²) >= 11 is 5.92. The van der Waals surface area contributed by atoms with Crippen molar-refractivity contribution in [3.63, 3.8) is 0 Å². The van der Waals surface area contributed by atoms with Crippen molar-refractivity contribution in [3.8, 4) is 0 Å². The Labute approximate surface area is 190 Å². The van der Waals surface area contributed by atoms with Crippen molar-refractivity contribution >= 4 is 57.4 Å². The van der Waals surface area contributed by atoms with Gasteiger partial charge in [-0.3, -0.25) is 4.79 Å². The minimum Gasteiger partial charge on any atom is -0.354 e. The Kier molecular flexibility index (Phi) is 5.69. The van der Waals surface area contributed by atoms with Crippen molar-refractivity contribution in [2.45, 2.75) is 31.2 Å². The Morgan fingerprint density at radius 2 is 1.77 bits per heavy atom. The molecule has 31 heavy (non-hydrogen) atoms. The fourth-order valence-electron chi connectivity index (χ4n) is 4.18. The zero-order chi connectivity index (χ0) is 20.9. The zero-order valence-electron chi connectivity index (χ0n) is 16.7. The smallest absolute Gasteiger partial charge is 0.228 e. The molecule has 1 aromatic heterocycles. The lowest BCUT2D eigenvalue weighted by molar-refractivity contribution is -0.115. The molecule has 0 spiro atoms. The molecule has 4 nitrogen and oxygen atoms in total. The quantitative estimate of drug-likeness (QED) is 0.348. The molecule has 4 aromatic rings. The highest BCUT2D eigenvalue weighted by Crippen LogP contribution is 2.38. The van der Waals surface area contributed by atoms with Crippen molar-refractivity contribution in [1.82, 2.24) is 4.98 Å². The number of rotatable bonds is 4. The normalized spacial score (nSPS) is 14.8. The first-order chi connectivity index (χ1) is 14.4. The fourth-order valence-corrected chi connectivity index (χ4v) is 4.34. The third kappa shape index (κ3) is 4.01. The van der Waals surface area contributed by atoms with Crippen LogP contribution < -0.4 is 11.1 Å². The molecule has 1 saturated carbocycles. The van der Waals surface area contributed by atoms with E-state index < -0.39 is 5.82 Å². The Morgan fingerprint density at radius 3 is 2.45 bits per heavy atom. The van der Waals surface area contributed by atoms with Gasteiger partial charge in [0.15, 0.2) is 0 Å². The molecule has 1 fully saturated rings. The first kappa shape index (κ1) is 21.6. The van der Waals surface area contributed by atoms with Crippen molar-refractivity contribution in [2.75, 3.05) is 5.32 Å². The summed E-state index contributed by atoms with van der Waals surface area (Å²) in [6.07, 6.45) is 3.42. The summed E-state index contributed by atoms with van der Waals surface area (Å²) in [6, 6.07) is 16.6. The van der Waals surface area contributed by atoms with Crippen molar-refractivity contribution in [3.05, 3.63) is 76.6 Å². The number of fused-ring (bicyclic) bond motifs is 3. The molecule has 0 atom stereocenters. The van der Waals surface area contributed by atoms with E-state index in [1.54, 1.807) is 6.07 Å². The number of amides is 1. The van der Waals surface area contributed by atoms with Crippen LogP contribution in [-0.2, 0) is 16.8 Å². The highest BCUT2D eigenvalue weighted by Gasteiger charge is 2.34. The number of anilines is 1. The van der Waals surface area contributed by atoms with Crippen LogP contribution in [0.1, 0.15) is 30.4 Å². The lowest BCUT2D eigenvalue weighted by Gasteiger charge is -2.38. The highest BCUT2D eigenvalue weighted by atomic mass is 35.5. The van der Waals surface area contributed by atoms with Gasteiger partial charge in [0.25, 0.3) is 0 Å². The Hall–Kier alpha value is -2.60. The van der Waals surface area contributed by atoms with E-state index in [-0.39, 0.29) is 35.3 Å². The van der Waals surface area contributed by atoms with Gasteiger partial charge in [0.1, 0.15) is 5.82 Å². The molecule has 1 amide bonds. The third-order valence-electron chi connectivity index (χ3n) is 6.06. The SMILES string of the molecule is Cl.NC1(c2ccc(NC(=O)Cc3ccc4c(c3)[nH]c3cc(F)c(Cl)cc34)cc2)CCC1. The monoisotopic (exact) mass is 457 g/mol. The largest absolute Gasteiger partial charge is 0.354 e. The van der Waals surface area contributed by atoms with Gasteiger partial charge in [0.2, 0.25) is 5.91 Å². The number of benzene rings is 3. The minimum absolute atomic E-state index is 0. The van der Waals surface area contributed by atoms with Gasteiger partial charge in [0, 0.05) is 33.0 Å². The maximum atomic E-state index is 13.7. The van der Waals surface area contributed by atoms with Gasteiger partial charge in [-0.25, -0.2) is 4.39 Å². The van der Waals surface area contributed by atoms with Crippen LogP contribution in [-0.4, -0.2) is 10.9 Å². The molecule has 0 radical (unpaired) electrons. The van der Waals surface area contributed by atoms with Crippen LogP contribution in [0.15, 0.2) is 54.6 Å². The number of H-pyrrole nitrogens is 1. The molecule has 3 aromatic carbocycles. The van der Waals surface area contributed by atoms with Crippen LogP contribution in [0.4, 0.5) is 10.1 Å². The second-order valence-corrected chi connectivity index (χ2v) is 8.54. The average Bonchev–Trinajstić information content (AvgIpc) is 3.03. The minimum atomic E-state index is -0.459. The molecule has 1 aliphatic rings. The van der Waals surface area contributed by atoms with Crippen LogP contribution in [0.2, 0.25) is 5.02 Å². The molecular formula is C24H22Cl2FN3O. The molecule has 1 aliphatic carbocycles. The molecule has 0 saturated heterocycles. The number of aromatic nitrogens is 1. The molecule has 0 unspecified atom stereocenters. The number of halogens is 3. The van der Waals surface area contributed by atoms with Gasteiger partial charge in [-0.1, -0.05) is 35.9 Å². The van der Waals surface area contributed by atoms with E-state index in [2.05, 4.69) is 10.3 Å². The van der Waals surface area contributed by atoms with E-state index in [1.807, 2.05) is 42.5 Å². The molecule has 160 valence electrons. The zero-order valence-corrected chi connectivity index (χ0v) is 18.2. The van der Waals surface area contributed by atoms with Gasteiger partial charge in [-0.2, -0.15) is 0 Å². The third-order valence-corrected chi connectivity index (χ3v) is 6.35. The Balaban J connectivity index is 0.00000231. The van der Waals surface area contributed by atoms with E-state index in [4.69, 9.17) is 17.3 Å². The van der Waals surface area contributed by atoms with Gasteiger partial charge in [-0.15, -0.1) is 12.4 Å². The maximum Gasteiger partial charge on any atom is 0.228 e. The molecule has 5 rings (SSSR count). The number of nitrogens with two attached hydrogens (primary N) is 1. The van der Waals surface area contributed by atoms with Crippen LogP contribution >= 0.6 is 24.0 Å². The summed E-state index contributed by atoms with van der Waals surface area (Å²) in [5, 5.41) is 4.83. The number of carbonyl (C=O) groups is 1. The maximum absolute atomic E-state index is 13.7. The van der Waals surface area contributed by atoms with E-state index in [9.17, 15) is 9.18 Å². The van der Waals surface area contributed by atoms with Gasteiger partial charge in [0.05, 0.1) is 11.4 Å². The highest BCUT2D eigenvalue weighted by molar-refractivity contribution is 6.32. The number of hydrogen-bond donors (Lipinski definition) is 3. The number of hydrogen-bond acceptors (Lipinski definition) is 2. The molecular weight excluding hydrogens is 436 g/mol. The van der Waals surface area contributed by atoms with Crippen molar-refractivity contribution < 1.29 is 9.18 Å². The van der Waals surface area contributed by atoms with E-state index in [0.717, 1.165) is 52.4 Å². The number of carbonyl (C=O) groups excluding carboxylic acids is 1. The fraction of sp³-hybridized carbons (Fsp3) is 0.208. The average molecular weight is 458 g/mol. The summed E-state index contributed by atoms with van der Waals surface area (Å²) in [4.78, 5) is 15.7. The molecule has 4 N–H and O–H groups in total. The standard InChI is InChI=1S/C24H21ClFN3O.ClH/c25-19-12-18-17-7-2-14(10-21(17)29-22(18)13-20(19)26)11-23(30)28-16-5-3-15(4-6-16)24(27)8-1-9-24;/h2-7,10,12-13,29H,1,8-9,11,27H2,(H,28,30);1H. The molecule has 1 heterocycles. The van der Waals surface area contributed by atoms with Crippen LogP contribution in [0.5, 0.6) is 0 Å². The summed E-state index contributed by atoms with van der Waals surface area (Å²) in [6.45, 7) is 0. The molecule has 7 heteroatoms. The van der Waals surface area contributed by atoms with Crippen LogP contribution in [0.3, 0.4) is 0 Å². The van der Waals surface area contributed by atoms with Crippen LogP contribution in [0.25, 0.3) is 21.8 Å². The van der Waals surface area contributed by atoms with Crippen LogP contribution in [0, 0.1) is 5.82 Å². The predicted octanol–water partition coefficient (Wildman–Crippen LogP) is 6.05. The predicted molar refractivity (Wildman–Crippen MR) is 127 cm³/mol. The van der Waals surface area contributed by atoms with Crippen molar-refractivity contribution in [2.24, 2.45) is 5.73 Å². The lowest BCUT2D eigenvalue weighted by atomic mass is 9.73. The van der Waals surface area contributed by atoms with E-state index in [0.29, 0.717) is 5.52 Å². The van der Waals surface area contributed by atoms with E-state index >= 15 is 0 Å². The topological polar surface area (TPSA) is 70.9 Å². The summed E-state index contributed by atoms with van der Waals surface area (Å²) in [5.74, 6) is -0.558.